The summed E-state index contributed by atoms with van der Waals surface area (Å²) in [6, 6.07) is 11.2. The third-order valence-electron chi connectivity index (χ3n) is 4.08. The highest BCUT2D eigenvalue weighted by molar-refractivity contribution is 5.83. The molecular formula is C17H18N2O2. The largest absolute Gasteiger partial charge is 0.390 e. The third-order valence-corrected chi connectivity index (χ3v) is 4.08. The molecule has 1 aromatic heterocycles. The Bertz CT molecular complexity index is 642. The third kappa shape index (κ3) is 2.67. The summed E-state index contributed by atoms with van der Waals surface area (Å²) in [5.41, 5.74) is 2.98. The van der Waals surface area contributed by atoms with Crippen LogP contribution in [-0.4, -0.2) is 22.1 Å². The zero-order chi connectivity index (χ0) is 14.8. The maximum atomic E-state index is 12.4. The van der Waals surface area contributed by atoms with Crippen molar-refractivity contribution in [1.29, 1.82) is 0 Å². The molecule has 4 heteroatoms. The Morgan fingerprint density at radius 3 is 2.90 bits per heavy atom. The van der Waals surface area contributed by atoms with E-state index in [0.717, 1.165) is 16.7 Å². The van der Waals surface area contributed by atoms with Gasteiger partial charge in [0.05, 0.1) is 18.1 Å². The van der Waals surface area contributed by atoms with Gasteiger partial charge in [0, 0.05) is 18.8 Å². The number of carbonyl (C=O) groups excluding carboxylic acids is 1. The number of benzene rings is 1. The fourth-order valence-corrected chi connectivity index (χ4v) is 2.81. The number of aliphatic hydroxyl groups excluding tert-OH is 1. The molecule has 0 radical (unpaired) electrons. The SMILES string of the molecule is CC(C(=O)N[C@H]1c2ccccc2C[C@H]1O)c1cccnc1. The summed E-state index contributed by atoms with van der Waals surface area (Å²) in [6.07, 6.45) is 3.41. The number of hydrogen-bond acceptors (Lipinski definition) is 3. The predicted molar refractivity (Wildman–Crippen MR) is 79.7 cm³/mol. The lowest BCUT2D eigenvalue weighted by Crippen LogP contribution is -2.36. The topological polar surface area (TPSA) is 62.2 Å². The van der Waals surface area contributed by atoms with Crippen LogP contribution < -0.4 is 5.32 Å². The highest BCUT2D eigenvalue weighted by Crippen LogP contribution is 2.31. The predicted octanol–water partition coefficient (Wildman–Crippen LogP) is 1.96. The van der Waals surface area contributed by atoms with Crippen LogP contribution >= 0.6 is 0 Å². The summed E-state index contributed by atoms with van der Waals surface area (Å²) in [6.45, 7) is 1.85. The Hall–Kier alpha value is -2.20. The lowest BCUT2D eigenvalue weighted by Gasteiger charge is -2.20. The molecule has 1 amide bonds. The molecule has 0 bridgehead atoms. The van der Waals surface area contributed by atoms with Crippen LogP contribution in [0, 0.1) is 0 Å². The second-order valence-electron chi connectivity index (χ2n) is 5.46. The smallest absolute Gasteiger partial charge is 0.227 e. The molecule has 0 saturated carbocycles. The van der Waals surface area contributed by atoms with Gasteiger partial charge in [0.2, 0.25) is 5.91 Å². The van der Waals surface area contributed by atoms with Crippen LogP contribution in [0.25, 0.3) is 0 Å². The molecule has 0 fully saturated rings. The zero-order valence-electron chi connectivity index (χ0n) is 11.9. The number of rotatable bonds is 3. The van der Waals surface area contributed by atoms with Gasteiger partial charge >= 0.3 is 0 Å². The molecule has 4 nitrogen and oxygen atoms in total. The Morgan fingerprint density at radius 2 is 2.14 bits per heavy atom. The van der Waals surface area contributed by atoms with E-state index in [1.165, 1.54) is 0 Å². The second-order valence-corrected chi connectivity index (χ2v) is 5.46. The van der Waals surface area contributed by atoms with Crippen molar-refractivity contribution in [3.63, 3.8) is 0 Å². The molecule has 21 heavy (non-hydrogen) atoms. The van der Waals surface area contributed by atoms with Crippen molar-refractivity contribution in [2.24, 2.45) is 0 Å². The molecule has 0 aliphatic heterocycles. The summed E-state index contributed by atoms with van der Waals surface area (Å²) in [5.74, 6) is -0.387. The van der Waals surface area contributed by atoms with E-state index >= 15 is 0 Å². The van der Waals surface area contributed by atoms with E-state index in [0.29, 0.717) is 6.42 Å². The van der Waals surface area contributed by atoms with Crippen LogP contribution in [0.1, 0.15) is 35.6 Å². The average Bonchev–Trinajstić information content (AvgIpc) is 2.83. The van der Waals surface area contributed by atoms with Crippen LogP contribution in [0.15, 0.2) is 48.8 Å². The van der Waals surface area contributed by atoms with Crippen LogP contribution in [0.2, 0.25) is 0 Å². The van der Waals surface area contributed by atoms with E-state index < -0.39 is 6.10 Å². The van der Waals surface area contributed by atoms with Gasteiger partial charge < -0.3 is 10.4 Å². The van der Waals surface area contributed by atoms with Gasteiger partial charge in [0.15, 0.2) is 0 Å². The van der Waals surface area contributed by atoms with Crippen molar-refractivity contribution in [2.75, 3.05) is 0 Å². The zero-order valence-corrected chi connectivity index (χ0v) is 11.9. The van der Waals surface area contributed by atoms with Gasteiger partial charge in [-0.05, 0) is 29.7 Å². The summed E-state index contributed by atoms with van der Waals surface area (Å²) in [5, 5.41) is 13.2. The van der Waals surface area contributed by atoms with E-state index in [1.54, 1.807) is 12.4 Å². The van der Waals surface area contributed by atoms with Gasteiger partial charge in [0.1, 0.15) is 0 Å². The lowest BCUT2D eigenvalue weighted by molar-refractivity contribution is -0.123. The van der Waals surface area contributed by atoms with Gasteiger partial charge in [-0.2, -0.15) is 0 Å². The van der Waals surface area contributed by atoms with Crippen molar-refractivity contribution in [3.05, 3.63) is 65.5 Å². The minimum absolute atomic E-state index is 0.0937. The minimum atomic E-state index is -0.563. The maximum absolute atomic E-state index is 12.4. The first kappa shape index (κ1) is 13.8. The molecule has 1 aliphatic rings. The van der Waals surface area contributed by atoms with E-state index in [-0.39, 0.29) is 17.9 Å². The van der Waals surface area contributed by atoms with E-state index in [2.05, 4.69) is 10.3 Å². The molecule has 0 spiro atoms. The molecule has 1 aromatic carbocycles. The number of aliphatic hydroxyl groups is 1. The quantitative estimate of drug-likeness (QED) is 0.904. The monoisotopic (exact) mass is 282 g/mol. The Kier molecular flexibility index (Phi) is 3.71. The number of carbonyl (C=O) groups is 1. The Morgan fingerprint density at radius 1 is 1.33 bits per heavy atom. The maximum Gasteiger partial charge on any atom is 0.227 e. The number of nitrogens with zero attached hydrogens (tertiary/aromatic N) is 1. The summed E-state index contributed by atoms with van der Waals surface area (Å²) in [7, 11) is 0. The van der Waals surface area contributed by atoms with Gasteiger partial charge in [-0.15, -0.1) is 0 Å². The number of amides is 1. The number of hydrogen-bond donors (Lipinski definition) is 2. The number of nitrogens with one attached hydrogen (secondary N) is 1. The van der Waals surface area contributed by atoms with Crippen molar-refractivity contribution in [2.45, 2.75) is 31.4 Å². The van der Waals surface area contributed by atoms with Gasteiger partial charge in [-0.3, -0.25) is 9.78 Å². The lowest BCUT2D eigenvalue weighted by atomic mass is 10.0. The molecule has 2 N–H and O–H groups in total. The first-order valence-electron chi connectivity index (χ1n) is 7.13. The highest BCUT2D eigenvalue weighted by Gasteiger charge is 2.32. The molecule has 108 valence electrons. The van der Waals surface area contributed by atoms with Crippen LogP contribution in [-0.2, 0) is 11.2 Å². The van der Waals surface area contributed by atoms with Crippen molar-refractivity contribution < 1.29 is 9.90 Å². The fraction of sp³-hybridized carbons (Fsp3) is 0.294. The Balaban J connectivity index is 1.76. The molecule has 3 atom stereocenters. The average molecular weight is 282 g/mol. The molecule has 1 aliphatic carbocycles. The van der Waals surface area contributed by atoms with Crippen LogP contribution in [0.3, 0.4) is 0 Å². The minimum Gasteiger partial charge on any atom is -0.390 e. The fourth-order valence-electron chi connectivity index (χ4n) is 2.81. The second kappa shape index (κ2) is 5.66. The highest BCUT2D eigenvalue weighted by atomic mass is 16.3. The summed E-state index contributed by atoms with van der Waals surface area (Å²) < 4.78 is 0. The standard InChI is InChI=1S/C17H18N2O2/c1-11(13-6-4-8-18-10-13)17(21)19-16-14-7-3-2-5-12(14)9-15(16)20/h2-8,10-11,15-16,20H,9H2,1H3,(H,19,21)/t11?,15-,16+/m1/s1. The number of pyridine rings is 1. The molecule has 1 heterocycles. The molecule has 0 saturated heterocycles. The van der Waals surface area contributed by atoms with Gasteiger partial charge in [-0.1, -0.05) is 30.3 Å². The van der Waals surface area contributed by atoms with Crippen molar-refractivity contribution in [1.82, 2.24) is 10.3 Å². The van der Waals surface area contributed by atoms with Crippen LogP contribution in [0.5, 0.6) is 0 Å². The van der Waals surface area contributed by atoms with Gasteiger partial charge in [-0.25, -0.2) is 0 Å². The van der Waals surface area contributed by atoms with Gasteiger partial charge in [0.25, 0.3) is 0 Å². The number of aromatic nitrogens is 1. The molecule has 1 unspecified atom stereocenters. The van der Waals surface area contributed by atoms with E-state index in [9.17, 15) is 9.90 Å². The van der Waals surface area contributed by atoms with E-state index in [1.807, 2.05) is 43.3 Å². The summed E-state index contributed by atoms with van der Waals surface area (Å²) in [4.78, 5) is 16.4. The van der Waals surface area contributed by atoms with E-state index in [4.69, 9.17) is 0 Å². The molecular weight excluding hydrogens is 264 g/mol. The van der Waals surface area contributed by atoms with Crippen molar-refractivity contribution >= 4 is 5.91 Å². The van der Waals surface area contributed by atoms with Crippen LogP contribution in [0.4, 0.5) is 0 Å². The van der Waals surface area contributed by atoms with Crippen molar-refractivity contribution in [3.8, 4) is 0 Å². The molecule has 3 rings (SSSR count). The first-order chi connectivity index (χ1) is 10.2. The molecule has 2 aromatic rings. The summed E-state index contributed by atoms with van der Waals surface area (Å²) >= 11 is 0. The Labute approximate surface area is 123 Å². The number of fused-ring (bicyclic) bond motifs is 1. The normalized spacial score (nSPS) is 21.6. The first-order valence-corrected chi connectivity index (χ1v) is 7.13.